The van der Waals surface area contributed by atoms with Gasteiger partial charge in [-0.15, -0.1) is 0 Å². The van der Waals surface area contributed by atoms with Gasteiger partial charge in [0.25, 0.3) is 0 Å². The van der Waals surface area contributed by atoms with Crippen molar-refractivity contribution in [2.75, 3.05) is 53.9 Å². The van der Waals surface area contributed by atoms with Gasteiger partial charge in [0, 0.05) is 63.7 Å². The molecule has 21 heteroatoms. The van der Waals surface area contributed by atoms with E-state index in [1.54, 1.807) is 67.6 Å². The number of nitrogens with one attached hydrogen (secondary N) is 2. The third kappa shape index (κ3) is 13.5. The average molecular weight is 1050 g/mol. The minimum Gasteiger partial charge on any atom is -0.477 e. The number of benzene rings is 1. The normalized spacial score (nSPS) is 36.6. The van der Waals surface area contributed by atoms with Gasteiger partial charge in [-0.25, -0.2) is 4.79 Å². The van der Waals surface area contributed by atoms with Crippen molar-refractivity contribution in [1.29, 1.82) is 0 Å². The number of cyclic esters (lactones) is 1. The summed E-state index contributed by atoms with van der Waals surface area (Å²) in [7, 11) is 8.30. The second-order valence-corrected chi connectivity index (χ2v) is 21.5. The van der Waals surface area contributed by atoms with Crippen molar-refractivity contribution in [3.63, 3.8) is 0 Å². The number of pyridine rings is 1. The second-order valence-electron chi connectivity index (χ2n) is 21.5. The number of hydrogen-bond acceptors (Lipinski definition) is 19. The number of esters is 2. The van der Waals surface area contributed by atoms with Crippen molar-refractivity contribution in [3.8, 4) is 0 Å². The average Bonchev–Trinajstić information content (AvgIpc) is 3.35. The molecule has 2 aromatic rings. The Bertz CT molecular complexity index is 2310. The number of ketones is 1. The Morgan fingerprint density at radius 3 is 2.20 bits per heavy atom. The van der Waals surface area contributed by atoms with Gasteiger partial charge in [-0.05, 0) is 112 Å². The largest absolute Gasteiger partial charge is 0.477 e. The molecule has 17 atom stereocenters. The minimum atomic E-state index is -2.18. The fourth-order valence-electron chi connectivity index (χ4n) is 11.0. The lowest BCUT2D eigenvalue weighted by molar-refractivity contribution is -0.320. The van der Waals surface area contributed by atoms with Crippen LogP contribution in [0.25, 0.3) is 10.9 Å². The van der Waals surface area contributed by atoms with Crippen LogP contribution in [0.4, 0.5) is 0 Å². The van der Waals surface area contributed by atoms with Crippen LogP contribution in [0.3, 0.4) is 0 Å². The molecule has 4 heterocycles. The van der Waals surface area contributed by atoms with Gasteiger partial charge in [0.1, 0.15) is 35.1 Å². The number of carbonyl (C=O) groups is 4. The molecule has 0 radical (unpaired) electrons. The number of ether oxygens (including phenoxy) is 8. The number of hydrogen-bond donors (Lipinski definition) is 6. The van der Waals surface area contributed by atoms with Crippen LogP contribution in [0.2, 0.25) is 0 Å². The van der Waals surface area contributed by atoms with E-state index in [4.69, 9.17) is 37.9 Å². The zero-order chi connectivity index (χ0) is 55.2. The summed E-state index contributed by atoms with van der Waals surface area (Å²) >= 11 is 0. The number of nitrogens with zero attached hydrogens (tertiary/aromatic N) is 2. The number of fused-ring (bicyclic) bond motifs is 1. The standard InChI is InChI=1S/C53H84N4O17/c1-15-38-53(9,66)45(62)41(59)28(2)25-51(7,67-13)46(74-50-43(61)37(56(11)12)23-29(3)69-50)30(4)44(31(5)49(65)71-38)73-40-26-52(8,68-14)47(32(6)70-40)72-39(58)20-22-55-21-16-17-33-18-19-36-34(24-33)42(60)35(48(63)64)27-57(36)54-10/h18-19,24,27-32,37-38,40,43-47,50,54-55,61-62,66H,15-17,20-23,25-26H2,1-14H3,(H,63,64)/t28-,29-,30+,31-,32+,37+,38-,40+,43-,44+,45-,46-,47+,50+,51-,52-,53-/m1/s1. The number of aliphatic hydroxyl groups is 3. The zero-order valence-corrected chi connectivity index (χ0v) is 45.7. The van der Waals surface area contributed by atoms with Crippen LogP contribution in [-0.4, -0.2) is 186 Å². The van der Waals surface area contributed by atoms with E-state index in [0.29, 0.717) is 43.3 Å². The fourth-order valence-corrected chi connectivity index (χ4v) is 11.0. The molecule has 3 aliphatic heterocycles. The van der Waals surface area contributed by atoms with E-state index in [0.717, 1.165) is 5.56 Å². The van der Waals surface area contributed by atoms with Gasteiger partial charge in [-0.2, -0.15) is 0 Å². The van der Waals surface area contributed by atoms with Crippen molar-refractivity contribution in [2.45, 2.75) is 192 Å². The Hall–Kier alpha value is -4.13. The highest BCUT2D eigenvalue weighted by Gasteiger charge is 2.55. The molecule has 6 N–H and O–H groups in total. The molecule has 3 fully saturated rings. The minimum absolute atomic E-state index is 0.0274. The number of aromatic nitrogens is 1. The van der Waals surface area contributed by atoms with Crippen molar-refractivity contribution < 1.29 is 77.5 Å². The number of carboxylic acids is 1. The molecular weight excluding hydrogens is 965 g/mol. The van der Waals surface area contributed by atoms with E-state index in [1.165, 1.54) is 32.0 Å². The Morgan fingerprint density at radius 1 is 0.932 bits per heavy atom. The van der Waals surface area contributed by atoms with E-state index in [1.807, 2.05) is 32.0 Å². The Morgan fingerprint density at radius 2 is 1.59 bits per heavy atom. The van der Waals surface area contributed by atoms with Crippen LogP contribution >= 0.6 is 0 Å². The lowest BCUT2D eigenvalue weighted by Crippen LogP contribution is -2.61. The molecule has 418 valence electrons. The molecule has 0 aliphatic carbocycles. The topological polar surface area (TPSA) is 272 Å². The first kappa shape index (κ1) is 60.7. The highest BCUT2D eigenvalue weighted by Crippen LogP contribution is 2.42. The molecule has 0 saturated carbocycles. The van der Waals surface area contributed by atoms with Crippen LogP contribution in [-0.2, 0) is 58.7 Å². The van der Waals surface area contributed by atoms with Gasteiger partial charge in [0.05, 0.1) is 47.9 Å². The summed E-state index contributed by atoms with van der Waals surface area (Å²) in [6.45, 7) is 15.9. The molecule has 74 heavy (non-hydrogen) atoms. The first-order valence-corrected chi connectivity index (χ1v) is 25.9. The van der Waals surface area contributed by atoms with Crippen molar-refractivity contribution in [1.82, 2.24) is 14.9 Å². The fraction of sp³-hybridized carbons (Fsp3) is 0.755. The maximum atomic E-state index is 14.4. The van der Waals surface area contributed by atoms with Gasteiger partial charge in [-0.3, -0.25) is 23.9 Å². The number of methoxy groups -OCH3 is 2. The first-order valence-electron chi connectivity index (χ1n) is 25.9. The zero-order valence-electron chi connectivity index (χ0n) is 45.7. The molecule has 1 aromatic carbocycles. The van der Waals surface area contributed by atoms with E-state index in [9.17, 15) is 44.4 Å². The smallest absolute Gasteiger partial charge is 0.341 e. The number of aromatic carboxylic acids is 1. The molecule has 3 saturated heterocycles. The van der Waals surface area contributed by atoms with Gasteiger partial charge < -0.3 is 74.0 Å². The lowest BCUT2D eigenvalue weighted by atomic mass is 9.75. The third-order valence-electron chi connectivity index (χ3n) is 15.7. The number of likely N-dealkylation sites (N-methyl/N-ethyl adjacent to an activating group) is 1. The summed E-state index contributed by atoms with van der Waals surface area (Å²) in [6.07, 6.45) is -7.62. The quantitative estimate of drug-likeness (QED) is 0.0924. The number of rotatable bonds is 18. The number of Topliss-reactive ketones (excluding diaryl/α,β-unsaturated/α-hetero) is 1. The van der Waals surface area contributed by atoms with Crippen molar-refractivity contribution in [3.05, 3.63) is 45.7 Å². The number of carbonyl (C=O) groups excluding carboxylic acids is 3. The number of aliphatic hydroxyl groups excluding tert-OH is 2. The highest BCUT2D eigenvalue weighted by atomic mass is 16.7. The van der Waals surface area contributed by atoms with Gasteiger partial charge in [0.15, 0.2) is 24.5 Å². The molecule has 0 spiro atoms. The Labute approximate surface area is 434 Å². The Balaban J connectivity index is 1.33. The number of carboxylic acid groups (broad SMARTS) is 1. The lowest BCUT2D eigenvalue weighted by Gasteiger charge is -2.49. The maximum absolute atomic E-state index is 14.4. The van der Waals surface area contributed by atoms with Gasteiger partial charge in [-0.1, -0.05) is 26.8 Å². The van der Waals surface area contributed by atoms with E-state index < -0.39 is 119 Å². The van der Waals surface area contributed by atoms with Crippen LogP contribution in [0.1, 0.15) is 117 Å². The summed E-state index contributed by atoms with van der Waals surface area (Å²) in [5.74, 6) is -6.13. The summed E-state index contributed by atoms with van der Waals surface area (Å²) < 4.78 is 52.4. The SMILES string of the molecule is CC[C@H]1OC(=O)[C@H](C)[C@@H](O[C@H]2C[C@@](C)(OC)[C@@H](OC(=O)CCNCCCc3ccc4c(c3)c(=O)c(C(=O)O)cn4NC)[C@H](C)O2)[C@H](C)[C@@H](O[C@@H]2O[C@H](C)C[C@H](N(C)C)[C@H]2O)[C@](C)(OC)C[C@@H](C)C(=O)[C@@H](O)[C@]1(C)O. The monoisotopic (exact) mass is 1050 g/mol. The third-order valence-corrected chi connectivity index (χ3v) is 15.7. The van der Waals surface area contributed by atoms with Crippen LogP contribution < -0.4 is 16.2 Å². The molecule has 0 unspecified atom stereocenters. The second kappa shape index (κ2) is 25.3. The molecule has 0 amide bonds. The van der Waals surface area contributed by atoms with E-state index >= 15 is 0 Å². The Kier molecular flexibility index (Phi) is 20.8. The maximum Gasteiger partial charge on any atom is 0.341 e. The highest BCUT2D eigenvalue weighted by molar-refractivity contribution is 5.93. The summed E-state index contributed by atoms with van der Waals surface area (Å²) in [5, 5.41) is 48.0. The molecular formula is C53H84N4O17. The predicted molar refractivity (Wildman–Crippen MR) is 272 cm³/mol. The van der Waals surface area contributed by atoms with Crippen molar-refractivity contribution in [2.24, 2.45) is 17.8 Å². The molecule has 0 bridgehead atoms. The van der Waals surface area contributed by atoms with Gasteiger partial charge in [0.2, 0.25) is 5.43 Å². The summed E-state index contributed by atoms with van der Waals surface area (Å²) in [4.78, 5) is 68.4. The van der Waals surface area contributed by atoms with Crippen LogP contribution in [0.5, 0.6) is 0 Å². The first-order chi connectivity index (χ1) is 34.7. The predicted octanol–water partition coefficient (Wildman–Crippen LogP) is 3.15. The summed E-state index contributed by atoms with van der Waals surface area (Å²) in [6, 6.07) is 5.02. The van der Waals surface area contributed by atoms with Crippen molar-refractivity contribution >= 4 is 34.6 Å². The van der Waals surface area contributed by atoms with E-state index in [2.05, 4.69) is 10.7 Å². The molecule has 5 rings (SSSR count). The molecule has 1 aromatic heterocycles. The molecule has 21 nitrogen and oxygen atoms in total. The van der Waals surface area contributed by atoms with E-state index in [-0.39, 0.29) is 43.4 Å². The van der Waals surface area contributed by atoms with Gasteiger partial charge >= 0.3 is 17.9 Å². The summed E-state index contributed by atoms with van der Waals surface area (Å²) in [5.41, 5.74) is -1.31. The molecule has 3 aliphatic rings. The number of aryl methyl sites for hydroxylation is 1. The van der Waals surface area contributed by atoms with Crippen LogP contribution in [0, 0.1) is 17.8 Å². The van der Waals surface area contributed by atoms with Crippen LogP contribution in [0.15, 0.2) is 29.2 Å².